The highest BCUT2D eigenvalue weighted by Crippen LogP contribution is 2.48. The van der Waals surface area contributed by atoms with Crippen LogP contribution in [0.3, 0.4) is 0 Å². The Morgan fingerprint density at radius 3 is 2.61 bits per heavy atom. The average molecular weight is 658 g/mol. The molecule has 1 fully saturated rings. The monoisotopic (exact) mass is 657 g/mol. The van der Waals surface area contributed by atoms with Crippen molar-refractivity contribution in [3.63, 3.8) is 0 Å². The summed E-state index contributed by atoms with van der Waals surface area (Å²) >= 11 is 0. The van der Waals surface area contributed by atoms with E-state index in [1.807, 2.05) is 45.0 Å². The topological polar surface area (TPSA) is 190 Å². The molecule has 0 radical (unpaired) electrons. The maximum atomic E-state index is 14.3. The number of benzene rings is 2. The molecule has 248 valence electrons. The molecule has 3 heterocycles. The van der Waals surface area contributed by atoms with Crippen molar-refractivity contribution in [2.45, 2.75) is 64.7 Å². The normalized spacial score (nSPS) is 23.7. The van der Waals surface area contributed by atoms with Gasteiger partial charge in [-0.1, -0.05) is 57.2 Å². The molecule has 1 aliphatic heterocycles. The van der Waals surface area contributed by atoms with E-state index < -0.39 is 50.4 Å². The fourth-order valence-corrected chi connectivity index (χ4v) is 6.63. The van der Waals surface area contributed by atoms with E-state index in [2.05, 4.69) is 15.1 Å². The van der Waals surface area contributed by atoms with Crippen LogP contribution in [0.25, 0.3) is 21.8 Å². The van der Waals surface area contributed by atoms with Crippen LogP contribution >= 0.6 is 7.75 Å². The SMILES string of the molecule is COc1nc(N)nc2c1ccn2[C@@H]1O[C@H](COP(=O)(N[C@H](C)C(=O)OCC(C)(C)C)Oc2cccc3ccccc23)[C@@H](O)[C@@]1(C)O. The van der Waals surface area contributed by atoms with Crippen LogP contribution in [0, 0.1) is 5.41 Å². The number of carbonyl (C=O) groups is 1. The van der Waals surface area contributed by atoms with Crippen molar-refractivity contribution >= 4 is 41.5 Å². The molecule has 2 aromatic carbocycles. The van der Waals surface area contributed by atoms with Crippen LogP contribution in [0.4, 0.5) is 5.95 Å². The van der Waals surface area contributed by atoms with E-state index in [9.17, 15) is 19.6 Å². The lowest BCUT2D eigenvalue weighted by atomic mass is 9.96. The largest absolute Gasteiger partial charge is 0.480 e. The summed E-state index contributed by atoms with van der Waals surface area (Å²) in [6.45, 7) is 8.27. The maximum absolute atomic E-state index is 14.3. The second-order valence-corrected chi connectivity index (χ2v) is 14.3. The smallest absolute Gasteiger partial charge is 0.459 e. The molecule has 5 rings (SSSR count). The molecule has 46 heavy (non-hydrogen) atoms. The van der Waals surface area contributed by atoms with Gasteiger partial charge in [-0.15, -0.1) is 0 Å². The Labute approximate surface area is 266 Å². The summed E-state index contributed by atoms with van der Waals surface area (Å²) in [5.41, 5.74) is 4.03. The molecule has 2 aromatic heterocycles. The third-order valence-electron chi connectivity index (χ3n) is 7.48. The van der Waals surface area contributed by atoms with Crippen molar-refractivity contribution < 1.29 is 42.8 Å². The van der Waals surface area contributed by atoms with Gasteiger partial charge in [-0.3, -0.25) is 9.32 Å². The number of nitrogens with one attached hydrogen (secondary N) is 1. The molecule has 0 saturated carbocycles. The van der Waals surface area contributed by atoms with E-state index >= 15 is 0 Å². The van der Waals surface area contributed by atoms with Gasteiger partial charge < -0.3 is 39.2 Å². The molecular weight excluding hydrogens is 617 g/mol. The number of nitrogen functional groups attached to an aromatic ring is 1. The number of aliphatic hydroxyl groups is 2. The second kappa shape index (κ2) is 12.8. The molecule has 1 saturated heterocycles. The highest BCUT2D eigenvalue weighted by molar-refractivity contribution is 7.52. The minimum absolute atomic E-state index is 0.0601. The molecule has 4 aromatic rings. The van der Waals surface area contributed by atoms with Crippen molar-refractivity contribution in [1.82, 2.24) is 19.6 Å². The highest BCUT2D eigenvalue weighted by Gasteiger charge is 2.54. The minimum atomic E-state index is -4.36. The first-order valence-corrected chi connectivity index (χ1v) is 16.3. The highest BCUT2D eigenvalue weighted by atomic mass is 31.2. The molecule has 5 N–H and O–H groups in total. The predicted molar refractivity (Wildman–Crippen MR) is 170 cm³/mol. The van der Waals surface area contributed by atoms with Gasteiger partial charge in [0.05, 0.1) is 25.7 Å². The molecule has 1 unspecified atom stereocenters. The number of fused-ring (bicyclic) bond motifs is 2. The number of nitrogens with two attached hydrogens (primary N) is 1. The molecule has 14 nitrogen and oxygen atoms in total. The summed E-state index contributed by atoms with van der Waals surface area (Å²) in [4.78, 5) is 21.2. The van der Waals surface area contributed by atoms with Gasteiger partial charge in [-0.05, 0) is 36.8 Å². The number of aromatic nitrogens is 3. The standard InChI is InChI=1S/C31H40N5O9P/c1-18(27(38)42-17-30(2,3)4)35-46(40,45-22-13-9-11-19-10-7-8-12-20(19)22)43-16-23-24(37)31(5,39)28(44-23)36-15-14-21-25(36)33-29(32)34-26(21)41-6/h7-15,18,23-24,28,37,39H,16-17H2,1-6H3,(H,35,40)(H2,32,33,34)/t18-,23-,24-,28-,31-,46?/m1/s1. The maximum Gasteiger partial charge on any atom is 0.459 e. The van der Waals surface area contributed by atoms with Crippen molar-refractivity contribution in [3.8, 4) is 11.6 Å². The zero-order valence-corrected chi connectivity index (χ0v) is 27.4. The number of ether oxygens (including phenoxy) is 3. The first kappa shape index (κ1) is 33.6. The van der Waals surface area contributed by atoms with Gasteiger partial charge in [0.25, 0.3) is 0 Å². The first-order chi connectivity index (χ1) is 21.6. The summed E-state index contributed by atoms with van der Waals surface area (Å²) in [7, 11) is -2.92. The summed E-state index contributed by atoms with van der Waals surface area (Å²) in [5.74, 6) is -0.245. The summed E-state index contributed by atoms with van der Waals surface area (Å²) in [5, 5.41) is 27.3. The van der Waals surface area contributed by atoms with Crippen LogP contribution in [0.15, 0.2) is 54.7 Å². The Morgan fingerprint density at radius 2 is 1.89 bits per heavy atom. The van der Waals surface area contributed by atoms with Gasteiger partial charge in [0.1, 0.15) is 29.6 Å². The van der Waals surface area contributed by atoms with Crippen LogP contribution < -0.4 is 20.1 Å². The predicted octanol–water partition coefficient (Wildman–Crippen LogP) is 3.96. The lowest BCUT2D eigenvalue weighted by molar-refractivity contribution is -0.148. The van der Waals surface area contributed by atoms with Crippen LogP contribution in [-0.2, 0) is 23.4 Å². The van der Waals surface area contributed by atoms with Crippen LogP contribution in [0.2, 0.25) is 0 Å². The van der Waals surface area contributed by atoms with E-state index in [0.717, 1.165) is 5.39 Å². The zero-order chi connectivity index (χ0) is 33.4. The number of hydrogen-bond acceptors (Lipinski definition) is 12. The number of carbonyl (C=O) groups excluding carboxylic acids is 1. The first-order valence-electron chi connectivity index (χ1n) is 14.7. The van der Waals surface area contributed by atoms with Gasteiger partial charge in [0, 0.05) is 11.6 Å². The van der Waals surface area contributed by atoms with Crippen LogP contribution in [0.1, 0.15) is 40.8 Å². The van der Waals surface area contributed by atoms with Crippen molar-refractivity contribution in [2.75, 3.05) is 26.1 Å². The molecule has 0 spiro atoms. The number of rotatable bonds is 11. The van der Waals surface area contributed by atoms with Gasteiger partial charge in [0.15, 0.2) is 11.9 Å². The Kier molecular flexibility index (Phi) is 9.33. The lowest BCUT2D eigenvalue weighted by Crippen LogP contribution is -2.44. The number of aliphatic hydroxyl groups excluding tert-OH is 1. The van der Waals surface area contributed by atoms with Crippen molar-refractivity contribution in [1.29, 1.82) is 0 Å². The zero-order valence-electron chi connectivity index (χ0n) is 26.5. The van der Waals surface area contributed by atoms with Gasteiger partial charge in [-0.25, -0.2) is 4.57 Å². The quantitative estimate of drug-likeness (QED) is 0.134. The van der Waals surface area contributed by atoms with E-state index in [-0.39, 0.29) is 29.6 Å². The summed E-state index contributed by atoms with van der Waals surface area (Å²) < 4.78 is 44.5. The number of esters is 1. The van der Waals surface area contributed by atoms with E-state index in [1.165, 1.54) is 25.5 Å². The fourth-order valence-electron chi connectivity index (χ4n) is 5.11. The summed E-state index contributed by atoms with van der Waals surface area (Å²) in [6, 6.07) is 13.2. The number of methoxy groups -OCH3 is 1. The van der Waals surface area contributed by atoms with Crippen LogP contribution in [0.5, 0.6) is 11.6 Å². The number of nitrogens with zero attached hydrogens (tertiary/aromatic N) is 3. The van der Waals surface area contributed by atoms with E-state index in [1.54, 1.807) is 30.5 Å². The second-order valence-electron chi connectivity index (χ2n) is 12.6. The van der Waals surface area contributed by atoms with Crippen LogP contribution in [-0.4, -0.2) is 74.9 Å². The van der Waals surface area contributed by atoms with Gasteiger partial charge in [-0.2, -0.15) is 15.1 Å². The molecule has 1 aliphatic rings. The molecule has 15 heteroatoms. The Balaban J connectivity index is 1.40. The number of hydrogen-bond donors (Lipinski definition) is 4. The fraction of sp³-hybridized carbons (Fsp3) is 0.452. The Bertz CT molecular complexity index is 1770. The number of anilines is 1. The van der Waals surface area contributed by atoms with E-state index in [4.69, 9.17) is 29.0 Å². The third kappa shape index (κ3) is 6.97. The van der Waals surface area contributed by atoms with Crippen molar-refractivity contribution in [2.24, 2.45) is 5.41 Å². The summed E-state index contributed by atoms with van der Waals surface area (Å²) in [6.07, 6.45) is -2.26. The minimum Gasteiger partial charge on any atom is -0.480 e. The lowest BCUT2D eigenvalue weighted by Gasteiger charge is -2.28. The van der Waals surface area contributed by atoms with Crippen molar-refractivity contribution in [3.05, 3.63) is 54.7 Å². The molecule has 0 amide bonds. The Hall–Kier alpha value is -3.78. The molecule has 0 bridgehead atoms. The average Bonchev–Trinajstić information content (AvgIpc) is 3.51. The molecular formula is C31H40N5O9P. The Morgan fingerprint density at radius 1 is 1.17 bits per heavy atom. The van der Waals surface area contributed by atoms with Gasteiger partial charge in [0.2, 0.25) is 11.8 Å². The van der Waals surface area contributed by atoms with E-state index in [0.29, 0.717) is 16.4 Å². The van der Waals surface area contributed by atoms with Gasteiger partial charge >= 0.3 is 13.7 Å². The molecule has 6 atom stereocenters. The molecule has 0 aliphatic carbocycles. The third-order valence-corrected chi connectivity index (χ3v) is 9.11.